The van der Waals surface area contributed by atoms with Crippen molar-refractivity contribution in [2.75, 3.05) is 26.2 Å². The van der Waals surface area contributed by atoms with E-state index in [1.165, 1.54) is 58.2 Å². The smallest absolute Gasteiger partial charge is 0.0217 e. The Morgan fingerprint density at radius 3 is 2.12 bits per heavy atom. The summed E-state index contributed by atoms with van der Waals surface area (Å²) in [4.78, 5) is 2.69. The highest BCUT2D eigenvalue weighted by Crippen LogP contribution is 2.12. The van der Waals surface area contributed by atoms with Crippen LogP contribution in [0.3, 0.4) is 0 Å². The van der Waals surface area contributed by atoms with Gasteiger partial charge in [-0.1, -0.05) is 40.0 Å². The average Bonchev–Trinajstić information content (AvgIpc) is 2.26. The first-order valence-electron chi connectivity index (χ1n) is 7.69. The lowest BCUT2D eigenvalue weighted by Crippen LogP contribution is -2.45. The summed E-state index contributed by atoms with van der Waals surface area (Å²) in [5.41, 5.74) is 0. The fourth-order valence-electron chi connectivity index (χ4n) is 2.61. The molecule has 1 aliphatic heterocycles. The topological polar surface area (TPSA) is 15.3 Å². The molecule has 0 aromatic carbocycles. The lowest BCUT2D eigenvalue weighted by molar-refractivity contribution is 0.201. The predicted molar refractivity (Wildman–Crippen MR) is 76.4 cm³/mol. The number of nitrogens with zero attached hydrogens (tertiary/aromatic N) is 1. The highest BCUT2D eigenvalue weighted by Gasteiger charge is 2.17. The summed E-state index contributed by atoms with van der Waals surface area (Å²) in [6.45, 7) is 12.0. The van der Waals surface area contributed by atoms with Crippen LogP contribution >= 0.6 is 0 Å². The second kappa shape index (κ2) is 8.93. The van der Waals surface area contributed by atoms with E-state index in [0.29, 0.717) is 6.04 Å². The maximum Gasteiger partial charge on any atom is 0.0217 e. The van der Waals surface area contributed by atoms with Crippen molar-refractivity contribution in [3.05, 3.63) is 0 Å². The van der Waals surface area contributed by atoms with Crippen LogP contribution in [0.4, 0.5) is 0 Å². The largest absolute Gasteiger partial charge is 0.312 e. The maximum atomic E-state index is 3.71. The van der Waals surface area contributed by atoms with Gasteiger partial charge in [-0.2, -0.15) is 0 Å². The lowest BCUT2D eigenvalue weighted by atomic mass is 10.0. The van der Waals surface area contributed by atoms with E-state index in [0.717, 1.165) is 12.5 Å². The van der Waals surface area contributed by atoms with E-state index >= 15 is 0 Å². The fourth-order valence-corrected chi connectivity index (χ4v) is 2.61. The standard InChI is InChI=1S/C15H32N2/c1-4-10-16-15(14(2)3)13-17-11-8-6-5-7-9-12-17/h14-16H,4-13H2,1-3H3. The fraction of sp³-hybridized carbons (Fsp3) is 1.00. The molecular formula is C15H32N2. The van der Waals surface area contributed by atoms with Gasteiger partial charge in [0.2, 0.25) is 0 Å². The predicted octanol–water partition coefficient (Wildman–Crippen LogP) is 3.28. The normalized spacial score (nSPS) is 21.2. The first-order chi connectivity index (χ1) is 8.24. The molecule has 2 nitrogen and oxygen atoms in total. The van der Waals surface area contributed by atoms with Crippen molar-refractivity contribution in [2.45, 2.75) is 65.3 Å². The van der Waals surface area contributed by atoms with Gasteiger partial charge in [-0.25, -0.2) is 0 Å². The second-order valence-electron chi connectivity index (χ2n) is 5.87. The monoisotopic (exact) mass is 240 g/mol. The molecule has 0 aliphatic carbocycles. The highest BCUT2D eigenvalue weighted by molar-refractivity contribution is 4.76. The van der Waals surface area contributed by atoms with Gasteiger partial charge in [-0.15, -0.1) is 0 Å². The number of likely N-dealkylation sites (tertiary alicyclic amines) is 1. The zero-order valence-electron chi connectivity index (χ0n) is 12.2. The number of rotatable bonds is 6. The Kier molecular flexibility index (Phi) is 7.87. The average molecular weight is 240 g/mol. The zero-order chi connectivity index (χ0) is 12.5. The molecule has 0 radical (unpaired) electrons. The Labute approximate surface area is 108 Å². The van der Waals surface area contributed by atoms with Gasteiger partial charge < -0.3 is 10.2 Å². The van der Waals surface area contributed by atoms with Crippen LogP contribution in [0.5, 0.6) is 0 Å². The van der Waals surface area contributed by atoms with Gasteiger partial charge in [0, 0.05) is 12.6 Å². The van der Waals surface area contributed by atoms with Crippen molar-refractivity contribution >= 4 is 0 Å². The van der Waals surface area contributed by atoms with Gasteiger partial charge in [0.25, 0.3) is 0 Å². The minimum atomic E-state index is 0.675. The van der Waals surface area contributed by atoms with Crippen molar-refractivity contribution in [3.8, 4) is 0 Å². The molecule has 0 spiro atoms. The molecular weight excluding hydrogens is 208 g/mol. The van der Waals surface area contributed by atoms with Gasteiger partial charge in [-0.3, -0.25) is 0 Å². The third kappa shape index (κ3) is 6.42. The Bertz CT molecular complexity index is 172. The van der Waals surface area contributed by atoms with E-state index in [9.17, 15) is 0 Å². The molecule has 1 N–H and O–H groups in total. The summed E-state index contributed by atoms with van der Waals surface area (Å²) in [7, 11) is 0. The van der Waals surface area contributed by atoms with Crippen LogP contribution in [0.2, 0.25) is 0 Å². The molecule has 2 heteroatoms. The van der Waals surface area contributed by atoms with E-state index in [2.05, 4.69) is 31.0 Å². The van der Waals surface area contributed by atoms with Gasteiger partial charge in [0.05, 0.1) is 0 Å². The van der Waals surface area contributed by atoms with Crippen molar-refractivity contribution in [3.63, 3.8) is 0 Å². The first-order valence-corrected chi connectivity index (χ1v) is 7.69. The van der Waals surface area contributed by atoms with Crippen LogP contribution in [-0.2, 0) is 0 Å². The molecule has 102 valence electrons. The van der Waals surface area contributed by atoms with Crippen LogP contribution in [0.1, 0.15) is 59.3 Å². The van der Waals surface area contributed by atoms with Gasteiger partial charge in [0.1, 0.15) is 0 Å². The molecule has 1 heterocycles. The third-order valence-electron chi connectivity index (χ3n) is 3.86. The molecule has 1 aliphatic rings. The molecule has 0 amide bonds. The van der Waals surface area contributed by atoms with Gasteiger partial charge in [0.15, 0.2) is 0 Å². The minimum absolute atomic E-state index is 0.675. The summed E-state index contributed by atoms with van der Waals surface area (Å²) in [5.74, 6) is 0.743. The van der Waals surface area contributed by atoms with Crippen LogP contribution in [0, 0.1) is 5.92 Å². The van der Waals surface area contributed by atoms with Crippen molar-refractivity contribution in [1.29, 1.82) is 0 Å². The van der Waals surface area contributed by atoms with E-state index in [-0.39, 0.29) is 0 Å². The van der Waals surface area contributed by atoms with Gasteiger partial charge >= 0.3 is 0 Å². The van der Waals surface area contributed by atoms with E-state index in [1.54, 1.807) is 0 Å². The van der Waals surface area contributed by atoms with E-state index in [4.69, 9.17) is 0 Å². The summed E-state index contributed by atoms with van der Waals surface area (Å²) in [6.07, 6.45) is 8.37. The van der Waals surface area contributed by atoms with Gasteiger partial charge in [-0.05, 0) is 44.8 Å². The molecule has 1 atom stereocenters. The molecule has 1 fully saturated rings. The summed E-state index contributed by atoms with van der Waals surface area (Å²) >= 11 is 0. The minimum Gasteiger partial charge on any atom is -0.312 e. The Balaban J connectivity index is 2.34. The van der Waals surface area contributed by atoms with E-state index in [1.807, 2.05) is 0 Å². The maximum absolute atomic E-state index is 3.71. The second-order valence-corrected chi connectivity index (χ2v) is 5.87. The molecule has 0 saturated carbocycles. The first kappa shape index (κ1) is 15.0. The summed E-state index contributed by atoms with van der Waals surface area (Å²) < 4.78 is 0. The SMILES string of the molecule is CCCNC(CN1CCCCCCC1)C(C)C. The van der Waals surface area contributed by atoms with Crippen LogP contribution in [0.15, 0.2) is 0 Å². The van der Waals surface area contributed by atoms with Crippen molar-refractivity contribution in [1.82, 2.24) is 10.2 Å². The van der Waals surface area contributed by atoms with Crippen molar-refractivity contribution in [2.24, 2.45) is 5.92 Å². The van der Waals surface area contributed by atoms with Crippen LogP contribution in [0.25, 0.3) is 0 Å². The molecule has 0 bridgehead atoms. The quantitative estimate of drug-likeness (QED) is 0.766. The number of hydrogen-bond acceptors (Lipinski definition) is 2. The van der Waals surface area contributed by atoms with Crippen molar-refractivity contribution < 1.29 is 0 Å². The Hall–Kier alpha value is -0.0800. The molecule has 1 unspecified atom stereocenters. The number of hydrogen-bond donors (Lipinski definition) is 1. The molecule has 1 rings (SSSR count). The summed E-state index contributed by atoms with van der Waals surface area (Å²) in [5, 5.41) is 3.71. The van der Waals surface area contributed by atoms with E-state index < -0.39 is 0 Å². The number of nitrogens with one attached hydrogen (secondary N) is 1. The summed E-state index contributed by atoms with van der Waals surface area (Å²) in [6, 6.07) is 0.675. The lowest BCUT2D eigenvalue weighted by Gasteiger charge is -2.31. The van der Waals surface area contributed by atoms with Crippen LogP contribution in [-0.4, -0.2) is 37.1 Å². The molecule has 1 saturated heterocycles. The molecule has 17 heavy (non-hydrogen) atoms. The molecule has 0 aromatic rings. The Morgan fingerprint density at radius 1 is 1.00 bits per heavy atom. The zero-order valence-corrected chi connectivity index (χ0v) is 12.2. The Morgan fingerprint density at radius 2 is 1.59 bits per heavy atom. The molecule has 0 aromatic heterocycles. The highest BCUT2D eigenvalue weighted by atomic mass is 15.1. The van der Waals surface area contributed by atoms with Crippen LogP contribution < -0.4 is 5.32 Å². The third-order valence-corrected chi connectivity index (χ3v) is 3.86.